The lowest BCUT2D eigenvalue weighted by atomic mass is 9.93. The van der Waals surface area contributed by atoms with Gasteiger partial charge < -0.3 is 10.8 Å². The van der Waals surface area contributed by atoms with Crippen LogP contribution in [0.5, 0.6) is 0 Å². The summed E-state index contributed by atoms with van der Waals surface area (Å²) in [5.41, 5.74) is 4.17. The van der Waals surface area contributed by atoms with E-state index < -0.39 is 16.4 Å². The molecule has 0 fully saturated rings. The lowest BCUT2D eigenvalue weighted by Gasteiger charge is -2.19. The Morgan fingerprint density at radius 3 is 2.56 bits per heavy atom. The molecule has 0 aliphatic heterocycles. The van der Waals surface area contributed by atoms with Gasteiger partial charge in [-0.2, -0.15) is 0 Å². The first-order valence-electron chi connectivity index (χ1n) is 4.23. The molecule has 7 heteroatoms. The average molecular weight is 289 g/mol. The van der Waals surface area contributed by atoms with Gasteiger partial charge >= 0.3 is 5.97 Å². The van der Waals surface area contributed by atoms with Crippen LogP contribution in [-0.2, 0) is 10.3 Å². The number of carboxylic acid groups (broad SMARTS) is 1. The zero-order chi connectivity index (χ0) is 12.5. The van der Waals surface area contributed by atoms with Crippen LogP contribution in [0.3, 0.4) is 0 Å². The van der Waals surface area contributed by atoms with Crippen LogP contribution in [0, 0.1) is 10.1 Å². The van der Waals surface area contributed by atoms with Gasteiger partial charge in [0, 0.05) is 6.07 Å². The van der Waals surface area contributed by atoms with E-state index in [1.165, 1.54) is 25.1 Å². The molecule has 0 bridgehead atoms. The number of rotatable bonds is 3. The van der Waals surface area contributed by atoms with Crippen molar-refractivity contribution < 1.29 is 14.8 Å². The Hall–Kier alpha value is -1.47. The zero-order valence-corrected chi connectivity index (χ0v) is 9.89. The molecule has 0 aliphatic carbocycles. The molecule has 0 radical (unpaired) electrons. The standard InChI is InChI=1S/C9H9BrN2O4/c1-9(11,8(13)14)5-2-3-7(12(15)16)6(10)4-5/h2-4H,11H2,1H3,(H,13,14)/t9-/m1/s1. The summed E-state index contributed by atoms with van der Waals surface area (Å²) in [6, 6.07) is 3.89. The third-order valence-electron chi connectivity index (χ3n) is 2.19. The highest BCUT2D eigenvalue weighted by molar-refractivity contribution is 9.10. The van der Waals surface area contributed by atoms with Crippen molar-refractivity contribution in [1.29, 1.82) is 0 Å². The lowest BCUT2D eigenvalue weighted by Crippen LogP contribution is -2.41. The van der Waals surface area contributed by atoms with Crippen molar-refractivity contribution in [2.45, 2.75) is 12.5 Å². The molecule has 1 aromatic rings. The van der Waals surface area contributed by atoms with Crippen molar-refractivity contribution in [2.75, 3.05) is 0 Å². The Bertz CT molecular complexity index is 459. The zero-order valence-electron chi connectivity index (χ0n) is 8.31. The number of carboxylic acids is 1. The highest BCUT2D eigenvalue weighted by atomic mass is 79.9. The van der Waals surface area contributed by atoms with Gasteiger partial charge in [-0.25, -0.2) is 4.79 Å². The molecule has 0 aromatic heterocycles. The smallest absolute Gasteiger partial charge is 0.328 e. The van der Waals surface area contributed by atoms with Crippen LogP contribution in [0.25, 0.3) is 0 Å². The van der Waals surface area contributed by atoms with Crippen LogP contribution in [0.2, 0.25) is 0 Å². The van der Waals surface area contributed by atoms with Crippen LogP contribution in [0.4, 0.5) is 5.69 Å². The van der Waals surface area contributed by atoms with Crippen LogP contribution in [0.1, 0.15) is 12.5 Å². The molecule has 16 heavy (non-hydrogen) atoms. The van der Waals surface area contributed by atoms with Gasteiger partial charge in [-0.1, -0.05) is 0 Å². The molecule has 1 atom stereocenters. The largest absolute Gasteiger partial charge is 0.480 e. The second-order valence-corrected chi connectivity index (χ2v) is 4.29. The molecular formula is C9H9BrN2O4. The van der Waals surface area contributed by atoms with E-state index in [1.54, 1.807) is 0 Å². The molecule has 0 saturated heterocycles. The van der Waals surface area contributed by atoms with Crippen molar-refractivity contribution in [1.82, 2.24) is 0 Å². The van der Waals surface area contributed by atoms with Gasteiger partial charge in [0.15, 0.2) is 0 Å². The molecule has 0 amide bonds. The topological polar surface area (TPSA) is 106 Å². The minimum atomic E-state index is -1.57. The Morgan fingerprint density at radius 2 is 2.19 bits per heavy atom. The number of hydrogen-bond acceptors (Lipinski definition) is 4. The third-order valence-corrected chi connectivity index (χ3v) is 2.82. The predicted molar refractivity (Wildman–Crippen MR) is 60.0 cm³/mol. The molecule has 0 heterocycles. The first-order valence-corrected chi connectivity index (χ1v) is 5.03. The summed E-state index contributed by atoms with van der Waals surface area (Å²) in [7, 11) is 0. The summed E-state index contributed by atoms with van der Waals surface area (Å²) >= 11 is 3.00. The van der Waals surface area contributed by atoms with Gasteiger partial charge in [0.05, 0.1) is 9.40 Å². The lowest BCUT2D eigenvalue weighted by molar-refractivity contribution is -0.385. The van der Waals surface area contributed by atoms with E-state index in [0.717, 1.165) is 0 Å². The monoisotopic (exact) mass is 288 g/mol. The molecule has 86 valence electrons. The Labute approximate surface area is 99.3 Å². The quantitative estimate of drug-likeness (QED) is 0.649. The van der Waals surface area contributed by atoms with Gasteiger partial charge in [0.1, 0.15) is 5.54 Å². The van der Waals surface area contributed by atoms with E-state index in [4.69, 9.17) is 10.8 Å². The number of aliphatic carboxylic acids is 1. The number of halogens is 1. The van der Waals surface area contributed by atoms with Gasteiger partial charge in [0.2, 0.25) is 0 Å². The summed E-state index contributed by atoms with van der Waals surface area (Å²) in [6.45, 7) is 1.32. The predicted octanol–water partition coefficient (Wildman–Crippen LogP) is 1.62. The Balaban J connectivity index is 3.26. The highest BCUT2D eigenvalue weighted by Crippen LogP contribution is 2.29. The van der Waals surface area contributed by atoms with Crippen LogP contribution >= 0.6 is 15.9 Å². The maximum absolute atomic E-state index is 10.9. The van der Waals surface area contributed by atoms with Crippen LogP contribution in [0.15, 0.2) is 22.7 Å². The van der Waals surface area contributed by atoms with Crippen molar-refractivity contribution >= 4 is 27.6 Å². The number of nitrogens with two attached hydrogens (primary N) is 1. The molecule has 0 spiro atoms. The van der Waals surface area contributed by atoms with E-state index in [9.17, 15) is 14.9 Å². The maximum Gasteiger partial charge on any atom is 0.328 e. The molecule has 0 aliphatic rings. The van der Waals surface area contributed by atoms with Gasteiger partial charge in [-0.3, -0.25) is 10.1 Å². The van der Waals surface area contributed by atoms with Gasteiger partial charge in [-0.05, 0) is 40.5 Å². The second-order valence-electron chi connectivity index (χ2n) is 3.43. The van der Waals surface area contributed by atoms with Crippen molar-refractivity contribution in [2.24, 2.45) is 5.73 Å². The summed E-state index contributed by atoms with van der Waals surface area (Å²) < 4.78 is 0.202. The molecule has 1 rings (SSSR count). The normalized spacial score (nSPS) is 14.2. The fraction of sp³-hybridized carbons (Fsp3) is 0.222. The van der Waals surface area contributed by atoms with E-state index in [0.29, 0.717) is 0 Å². The highest BCUT2D eigenvalue weighted by Gasteiger charge is 2.31. The Morgan fingerprint density at radius 1 is 1.62 bits per heavy atom. The fourth-order valence-electron chi connectivity index (χ4n) is 1.10. The number of nitrogens with zero attached hydrogens (tertiary/aromatic N) is 1. The number of nitro benzene ring substituents is 1. The molecule has 1 aromatic carbocycles. The van der Waals surface area contributed by atoms with E-state index in [2.05, 4.69) is 15.9 Å². The summed E-state index contributed by atoms with van der Waals surface area (Å²) in [4.78, 5) is 20.9. The number of carbonyl (C=O) groups is 1. The van der Waals surface area contributed by atoms with Crippen LogP contribution < -0.4 is 5.73 Å². The second kappa shape index (κ2) is 4.18. The van der Waals surface area contributed by atoms with Crippen molar-refractivity contribution in [3.63, 3.8) is 0 Å². The van der Waals surface area contributed by atoms with Crippen LogP contribution in [-0.4, -0.2) is 16.0 Å². The third kappa shape index (κ3) is 2.20. The Kier molecular flexibility index (Phi) is 3.30. The first-order chi connectivity index (χ1) is 7.26. The average Bonchev–Trinajstić information content (AvgIpc) is 2.16. The molecule has 6 nitrogen and oxygen atoms in total. The minimum Gasteiger partial charge on any atom is -0.480 e. The summed E-state index contributed by atoms with van der Waals surface area (Å²) in [6.07, 6.45) is 0. The number of nitro groups is 1. The van der Waals surface area contributed by atoms with Gasteiger partial charge in [0.25, 0.3) is 5.69 Å². The first kappa shape index (κ1) is 12.6. The molecule has 3 N–H and O–H groups in total. The fourth-order valence-corrected chi connectivity index (χ4v) is 1.63. The number of benzene rings is 1. The van der Waals surface area contributed by atoms with Crippen molar-refractivity contribution in [3.8, 4) is 0 Å². The molecule has 0 saturated carbocycles. The van der Waals surface area contributed by atoms with Gasteiger partial charge in [-0.15, -0.1) is 0 Å². The van der Waals surface area contributed by atoms with E-state index in [-0.39, 0.29) is 15.7 Å². The van der Waals surface area contributed by atoms with Crippen molar-refractivity contribution in [3.05, 3.63) is 38.3 Å². The number of hydrogen-bond donors (Lipinski definition) is 2. The van der Waals surface area contributed by atoms with E-state index in [1.807, 2.05) is 0 Å². The summed E-state index contributed by atoms with van der Waals surface area (Å²) in [5.74, 6) is -1.20. The SMILES string of the molecule is C[C@](N)(C(=O)O)c1ccc([N+](=O)[O-])c(Br)c1. The minimum absolute atomic E-state index is 0.134. The summed E-state index contributed by atoms with van der Waals surface area (Å²) in [5, 5.41) is 19.4. The molecule has 0 unspecified atom stereocenters. The molecular weight excluding hydrogens is 280 g/mol. The maximum atomic E-state index is 10.9. The van der Waals surface area contributed by atoms with E-state index >= 15 is 0 Å².